The molecule has 1 aliphatic heterocycles. The monoisotopic (exact) mass is 928 g/mol. The second-order valence-corrected chi connectivity index (χ2v) is 18.3. The van der Waals surface area contributed by atoms with Crippen molar-refractivity contribution in [1.82, 2.24) is 15.3 Å². The van der Waals surface area contributed by atoms with Gasteiger partial charge in [0.2, 0.25) is 6.54 Å². The number of hydrogen-bond acceptors (Lipinski definition) is 12. The first-order valence-electron chi connectivity index (χ1n) is 22.6. The number of nitrogens with zero attached hydrogens (tertiary/aromatic N) is 2. The SMILES string of the molecule is [C-]#[N+]CCOP(OC1C(COC(=O)NCc2cccc(OC)c2)OC(OCCOC(c2ccccc2)(c2ccc(OC)cc2)c2ccc(OC)cc2)C(NC(C)C)C1C)N(C(C)C)C(C)C. The van der Waals surface area contributed by atoms with Crippen molar-refractivity contribution < 1.29 is 47.0 Å². The van der Waals surface area contributed by atoms with Crippen LogP contribution in [0.5, 0.6) is 17.2 Å². The van der Waals surface area contributed by atoms with E-state index in [1.54, 1.807) is 21.3 Å². The molecule has 66 heavy (non-hydrogen) atoms. The molecule has 1 heterocycles. The molecule has 0 bridgehead atoms. The largest absolute Gasteiger partial charge is 0.497 e. The highest BCUT2D eigenvalue weighted by Gasteiger charge is 2.48. The van der Waals surface area contributed by atoms with Gasteiger partial charge in [-0.3, -0.25) is 0 Å². The van der Waals surface area contributed by atoms with Gasteiger partial charge >= 0.3 is 6.09 Å². The molecule has 1 amide bonds. The Hall–Kier alpha value is -4.81. The van der Waals surface area contributed by atoms with E-state index in [1.165, 1.54) is 0 Å². The van der Waals surface area contributed by atoms with Crippen LogP contribution in [0.4, 0.5) is 4.79 Å². The number of rotatable bonds is 25. The molecule has 0 radical (unpaired) electrons. The maximum atomic E-state index is 13.3. The quantitative estimate of drug-likeness (QED) is 0.0284. The first kappa shape index (κ1) is 52.2. The Morgan fingerprint density at radius 2 is 1.39 bits per heavy atom. The lowest BCUT2D eigenvalue weighted by Crippen LogP contribution is -2.62. The van der Waals surface area contributed by atoms with Crippen LogP contribution in [0, 0.1) is 12.5 Å². The van der Waals surface area contributed by atoms with Crippen molar-refractivity contribution >= 4 is 14.6 Å². The third-order valence-electron chi connectivity index (χ3n) is 11.2. The number of methoxy groups -OCH3 is 3. The van der Waals surface area contributed by atoms with Gasteiger partial charge in [-0.1, -0.05) is 87.5 Å². The maximum absolute atomic E-state index is 13.3. The van der Waals surface area contributed by atoms with Gasteiger partial charge in [0, 0.05) is 30.6 Å². The second-order valence-electron chi connectivity index (χ2n) is 16.9. The molecule has 1 saturated heterocycles. The van der Waals surface area contributed by atoms with Gasteiger partial charge in [-0.05, 0) is 86.3 Å². The molecule has 0 saturated carbocycles. The van der Waals surface area contributed by atoms with Crippen LogP contribution in [0.2, 0.25) is 0 Å². The first-order valence-corrected chi connectivity index (χ1v) is 23.7. The Kier molecular flexibility index (Phi) is 20.5. The third-order valence-corrected chi connectivity index (χ3v) is 13.4. The molecule has 358 valence electrons. The van der Waals surface area contributed by atoms with E-state index in [0.29, 0.717) is 5.75 Å². The fourth-order valence-electron chi connectivity index (χ4n) is 8.17. The Bertz CT molecular complexity index is 2030. The van der Waals surface area contributed by atoms with Crippen molar-refractivity contribution in [2.75, 3.05) is 54.3 Å². The number of amides is 1. The van der Waals surface area contributed by atoms with Crippen LogP contribution in [0.25, 0.3) is 4.85 Å². The van der Waals surface area contributed by atoms with Gasteiger partial charge in [0.05, 0.1) is 46.7 Å². The highest BCUT2D eigenvalue weighted by Crippen LogP contribution is 2.50. The summed E-state index contributed by atoms with van der Waals surface area (Å²) in [7, 11) is 3.22. The molecule has 6 atom stereocenters. The lowest BCUT2D eigenvalue weighted by Gasteiger charge is -2.48. The van der Waals surface area contributed by atoms with Crippen molar-refractivity contribution in [3.63, 3.8) is 0 Å². The second kappa shape index (κ2) is 25.9. The zero-order chi connectivity index (χ0) is 47.6. The average molecular weight is 929 g/mol. The molecule has 6 unspecified atom stereocenters. The van der Waals surface area contributed by atoms with Crippen molar-refractivity contribution in [3.05, 3.63) is 137 Å². The average Bonchev–Trinajstić information content (AvgIpc) is 3.32. The van der Waals surface area contributed by atoms with Crippen LogP contribution < -0.4 is 24.8 Å². The van der Waals surface area contributed by atoms with E-state index in [-0.39, 0.29) is 69.6 Å². The van der Waals surface area contributed by atoms with Gasteiger partial charge < -0.3 is 57.7 Å². The lowest BCUT2D eigenvalue weighted by atomic mass is 9.80. The van der Waals surface area contributed by atoms with Gasteiger partial charge in [-0.2, -0.15) is 0 Å². The van der Waals surface area contributed by atoms with Crippen molar-refractivity contribution in [2.24, 2.45) is 5.92 Å². The molecular formula is C51H69N4O10P. The lowest BCUT2D eigenvalue weighted by molar-refractivity contribution is -0.258. The molecule has 5 rings (SSSR count). The number of hydrogen-bond donors (Lipinski definition) is 2. The number of alkyl carbamates (subject to hydrolysis) is 1. The molecule has 4 aromatic rings. The topological polar surface area (TPSA) is 132 Å². The Morgan fingerprint density at radius 3 is 1.95 bits per heavy atom. The predicted molar refractivity (Wildman–Crippen MR) is 257 cm³/mol. The highest BCUT2D eigenvalue weighted by molar-refractivity contribution is 7.44. The minimum Gasteiger partial charge on any atom is -0.497 e. The van der Waals surface area contributed by atoms with E-state index in [2.05, 4.69) is 80.7 Å². The zero-order valence-electron chi connectivity index (χ0n) is 40.1. The van der Waals surface area contributed by atoms with Gasteiger partial charge in [0.1, 0.15) is 42.2 Å². The highest BCUT2D eigenvalue weighted by atomic mass is 31.2. The summed E-state index contributed by atoms with van der Waals surface area (Å²) in [6.07, 6.45) is -2.79. The fourth-order valence-corrected chi connectivity index (χ4v) is 10.0. The maximum Gasteiger partial charge on any atom is 0.407 e. The van der Waals surface area contributed by atoms with E-state index in [0.717, 1.165) is 33.8 Å². The number of ether oxygens (including phenoxy) is 7. The normalized spacial score (nSPS) is 19.1. The Labute approximate surface area is 393 Å². The van der Waals surface area contributed by atoms with E-state index >= 15 is 0 Å². The summed E-state index contributed by atoms with van der Waals surface area (Å²) in [5.41, 5.74) is 2.53. The molecule has 0 spiro atoms. The summed E-state index contributed by atoms with van der Waals surface area (Å²) in [6.45, 7) is 22.8. The van der Waals surface area contributed by atoms with Gasteiger partial charge in [0.25, 0.3) is 8.53 Å². The fraction of sp³-hybridized carbons (Fsp3) is 0.490. The molecule has 14 nitrogen and oxygen atoms in total. The molecule has 1 fully saturated rings. The molecule has 0 aliphatic carbocycles. The predicted octanol–water partition coefficient (Wildman–Crippen LogP) is 9.36. The van der Waals surface area contributed by atoms with Crippen molar-refractivity contribution in [3.8, 4) is 17.2 Å². The molecule has 15 heteroatoms. The molecular weight excluding hydrogens is 860 g/mol. The van der Waals surface area contributed by atoms with Crippen LogP contribution in [0.3, 0.4) is 0 Å². The number of benzene rings is 4. The molecule has 0 aromatic heterocycles. The minimum atomic E-state index is -1.67. The number of carbonyl (C=O) groups is 1. The third kappa shape index (κ3) is 13.9. The summed E-state index contributed by atoms with van der Waals surface area (Å²) < 4.78 is 58.6. The van der Waals surface area contributed by atoms with Crippen molar-refractivity contribution in [1.29, 1.82) is 0 Å². The Morgan fingerprint density at radius 1 is 0.788 bits per heavy atom. The summed E-state index contributed by atoms with van der Waals surface area (Å²) in [4.78, 5) is 16.8. The van der Waals surface area contributed by atoms with Gasteiger partial charge in [0.15, 0.2) is 6.29 Å². The summed E-state index contributed by atoms with van der Waals surface area (Å²) in [5, 5.41) is 6.54. The van der Waals surface area contributed by atoms with Gasteiger partial charge in [-0.25, -0.2) is 16.0 Å². The summed E-state index contributed by atoms with van der Waals surface area (Å²) >= 11 is 0. The smallest absolute Gasteiger partial charge is 0.407 e. The summed E-state index contributed by atoms with van der Waals surface area (Å²) in [5.74, 6) is 1.90. The van der Waals surface area contributed by atoms with E-state index in [9.17, 15) is 4.79 Å². The van der Waals surface area contributed by atoms with E-state index in [4.69, 9.17) is 48.8 Å². The van der Waals surface area contributed by atoms with Crippen LogP contribution in [0.1, 0.15) is 70.7 Å². The van der Waals surface area contributed by atoms with Crippen molar-refractivity contribution in [2.45, 2.75) is 103 Å². The van der Waals surface area contributed by atoms with Gasteiger partial charge in [-0.15, -0.1) is 0 Å². The Balaban J connectivity index is 1.44. The van der Waals surface area contributed by atoms with E-state index < -0.39 is 38.7 Å². The first-order chi connectivity index (χ1) is 31.8. The van der Waals surface area contributed by atoms with Crippen LogP contribution >= 0.6 is 8.53 Å². The molecule has 4 aromatic carbocycles. The van der Waals surface area contributed by atoms with Crippen LogP contribution in [0.15, 0.2) is 103 Å². The number of nitrogens with one attached hydrogen (secondary N) is 2. The van der Waals surface area contributed by atoms with Crippen LogP contribution in [-0.2, 0) is 40.1 Å². The zero-order valence-corrected chi connectivity index (χ0v) is 41.0. The number of carbonyl (C=O) groups excluding carboxylic acids is 1. The standard InChI is InChI=1S/C51H69N4O10P/c1-35(2)54-47-38(7)48(65-66(63-29-28-52-8)55(36(3)4)37(5)6)46(34-61-50(56)53-33-39-16-15-19-45(32-39)59-11)64-49(47)60-30-31-62-51(40-17-13-12-14-18-40,41-20-24-43(57-9)25-21-41)42-22-26-44(58-10)27-23-42/h12-27,32,35-38,46-49,54H,28-31,33-34H2,1-7,9-11H3,(H,53,56). The summed E-state index contributed by atoms with van der Waals surface area (Å²) in [6, 6.07) is 33.2. The minimum absolute atomic E-state index is 0.0503. The van der Waals surface area contributed by atoms with E-state index in [1.807, 2.05) is 91.0 Å². The van der Waals surface area contributed by atoms with Crippen LogP contribution in [-0.4, -0.2) is 108 Å². The molecule has 1 aliphatic rings. The molecule has 2 N–H and O–H groups in total.